The quantitative estimate of drug-likeness (QED) is 0.582. The van der Waals surface area contributed by atoms with Gasteiger partial charge in [0.25, 0.3) is 0 Å². The van der Waals surface area contributed by atoms with Crippen molar-refractivity contribution in [3.63, 3.8) is 0 Å². The zero-order valence-corrected chi connectivity index (χ0v) is 18.2. The number of nitrogens with one attached hydrogen (secondary N) is 1. The molecule has 3 aromatic carbocycles. The van der Waals surface area contributed by atoms with Crippen LogP contribution in [0.1, 0.15) is 30.4 Å². The minimum absolute atomic E-state index is 0.0518. The molecule has 31 heavy (non-hydrogen) atoms. The molecule has 0 aliphatic carbocycles. The van der Waals surface area contributed by atoms with Gasteiger partial charge in [-0.1, -0.05) is 67.6 Å². The maximum atomic E-state index is 12.8. The highest BCUT2D eigenvalue weighted by atomic mass is 16.1. The standard InChI is InChI=1S/C27H31N3O/c1-2-26(23-11-7-4-8-12-23)27(31)28-24-13-15-25(16-14-24)30-19-17-29(18-20-30)21-22-9-5-3-6-10-22/h3-16,26H,2,17-21H2,1H3,(H,28,31). The highest BCUT2D eigenvalue weighted by Crippen LogP contribution is 2.24. The molecule has 1 amide bonds. The van der Waals surface area contributed by atoms with Crippen molar-refractivity contribution >= 4 is 17.3 Å². The summed E-state index contributed by atoms with van der Waals surface area (Å²) in [6.45, 7) is 7.22. The van der Waals surface area contributed by atoms with Gasteiger partial charge in [-0.2, -0.15) is 0 Å². The number of piperazine rings is 1. The van der Waals surface area contributed by atoms with Gasteiger partial charge in [0.2, 0.25) is 5.91 Å². The van der Waals surface area contributed by atoms with Crippen molar-refractivity contribution in [2.45, 2.75) is 25.8 Å². The Morgan fingerprint density at radius 1 is 0.839 bits per heavy atom. The van der Waals surface area contributed by atoms with E-state index in [2.05, 4.69) is 64.5 Å². The van der Waals surface area contributed by atoms with Crippen LogP contribution in [0.15, 0.2) is 84.9 Å². The lowest BCUT2D eigenvalue weighted by molar-refractivity contribution is -0.117. The summed E-state index contributed by atoms with van der Waals surface area (Å²) in [5.74, 6) is -0.0745. The van der Waals surface area contributed by atoms with E-state index in [4.69, 9.17) is 0 Å². The van der Waals surface area contributed by atoms with Crippen molar-refractivity contribution < 1.29 is 4.79 Å². The summed E-state index contributed by atoms with van der Waals surface area (Å²) in [4.78, 5) is 17.7. The maximum Gasteiger partial charge on any atom is 0.231 e. The predicted molar refractivity (Wildman–Crippen MR) is 128 cm³/mol. The molecule has 0 saturated carbocycles. The van der Waals surface area contributed by atoms with Crippen molar-refractivity contribution in [2.24, 2.45) is 0 Å². The second kappa shape index (κ2) is 10.3. The van der Waals surface area contributed by atoms with Crippen LogP contribution in [-0.2, 0) is 11.3 Å². The summed E-state index contributed by atoms with van der Waals surface area (Å²) >= 11 is 0. The first-order chi connectivity index (χ1) is 15.2. The van der Waals surface area contributed by atoms with Crippen LogP contribution in [0, 0.1) is 0 Å². The van der Waals surface area contributed by atoms with Gasteiger partial charge in [0, 0.05) is 44.1 Å². The third-order valence-corrected chi connectivity index (χ3v) is 6.05. The van der Waals surface area contributed by atoms with Crippen LogP contribution < -0.4 is 10.2 Å². The van der Waals surface area contributed by atoms with Gasteiger partial charge in [0.15, 0.2) is 0 Å². The first-order valence-electron chi connectivity index (χ1n) is 11.2. The van der Waals surface area contributed by atoms with E-state index >= 15 is 0 Å². The highest BCUT2D eigenvalue weighted by Gasteiger charge is 2.20. The van der Waals surface area contributed by atoms with E-state index in [0.29, 0.717) is 0 Å². The molecule has 4 nitrogen and oxygen atoms in total. The van der Waals surface area contributed by atoms with Crippen molar-refractivity contribution in [2.75, 3.05) is 36.4 Å². The van der Waals surface area contributed by atoms with Crippen LogP contribution in [-0.4, -0.2) is 37.0 Å². The molecule has 0 bridgehead atoms. The molecule has 0 spiro atoms. The van der Waals surface area contributed by atoms with Crippen molar-refractivity contribution in [3.05, 3.63) is 96.1 Å². The summed E-state index contributed by atoms with van der Waals surface area (Å²) in [6.07, 6.45) is 0.779. The number of anilines is 2. The molecule has 1 heterocycles. The number of hydrogen-bond acceptors (Lipinski definition) is 3. The number of hydrogen-bond donors (Lipinski definition) is 1. The zero-order chi connectivity index (χ0) is 21.5. The van der Waals surface area contributed by atoms with Crippen LogP contribution in [0.2, 0.25) is 0 Å². The Kier molecular flexibility index (Phi) is 7.00. The minimum Gasteiger partial charge on any atom is -0.369 e. The lowest BCUT2D eigenvalue weighted by Crippen LogP contribution is -2.45. The summed E-state index contributed by atoms with van der Waals surface area (Å²) in [5.41, 5.74) is 4.50. The van der Waals surface area contributed by atoms with Crippen molar-refractivity contribution in [3.8, 4) is 0 Å². The molecule has 1 aliphatic rings. The fraction of sp³-hybridized carbons (Fsp3) is 0.296. The number of amides is 1. The topological polar surface area (TPSA) is 35.6 Å². The molecular weight excluding hydrogens is 382 g/mol. The molecular formula is C27H31N3O. The van der Waals surface area contributed by atoms with E-state index < -0.39 is 0 Å². The average molecular weight is 414 g/mol. The predicted octanol–water partition coefficient (Wildman–Crippen LogP) is 5.14. The molecule has 0 aromatic heterocycles. The number of benzene rings is 3. The van der Waals surface area contributed by atoms with E-state index in [-0.39, 0.29) is 11.8 Å². The van der Waals surface area contributed by atoms with Gasteiger partial charge in [0.05, 0.1) is 5.92 Å². The molecule has 4 heteroatoms. The summed E-state index contributed by atoms with van der Waals surface area (Å²) in [5, 5.41) is 3.09. The van der Waals surface area contributed by atoms with Crippen molar-refractivity contribution in [1.82, 2.24) is 4.90 Å². The minimum atomic E-state index is -0.126. The van der Waals surface area contributed by atoms with Crippen LogP contribution >= 0.6 is 0 Å². The average Bonchev–Trinajstić information content (AvgIpc) is 2.82. The molecule has 1 fully saturated rings. The lowest BCUT2D eigenvalue weighted by Gasteiger charge is -2.36. The van der Waals surface area contributed by atoms with Crippen LogP contribution in [0.4, 0.5) is 11.4 Å². The molecule has 0 radical (unpaired) electrons. The Balaban J connectivity index is 1.31. The van der Waals surface area contributed by atoms with Gasteiger partial charge >= 0.3 is 0 Å². The third kappa shape index (κ3) is 5.53. The summed E-state index contributed by atoms with van der Waals surface area (Å²) < 4.78 is 0. The summed E-state index contributed by atoms with van der Waals surface area (Å²) in [6, 6.07) is 28.9. The molecule has 160 valence electrons. The summed E-state index contributed by atoms with van der Waals surface area (Å²) in [7, 11) is 0. The fourth-order valence-corrected chi connectivity index (χ4v) is 4.25. The molecule has 1 N–H and O–H groups in total. The fourth-order valence-electron chi connectivity index (χ4n) is 4.25. The normalized spacial score (nSPS) is 15.5. The van der Waals surface area contributed by atoms with Gasteiger partial charge in [-0.3, -0.25) is 9.69 Å². The number of carbonyl (C=O) groups excluding carboxylic acids is 1. The van der Waals surface area contributed by atoms with E-state index in [1.54, 1.807) is 0 Å². The molecule has 1 aliphatic heterocycles. The highest BCUT2D eigenvalue weighted by molar-refractivity contribution is 5.95. The first kappa shape index (κ1) is 21.1. The number of nitrogens with zero attached hydrogens (tertiary/aromatic N) is 2. The molecule has 4 rings (SSSR count). The Labute approximate surface area is 185 Å². The second-order valence-corrected chi connectivity index (χ2v) is 8.16. The third-order valence-electron chi connectivity index (χ3n) is 6.05. The number of carbonyl (C=O) groups is 1. The van der Waals surface area contributed by atoms with Crippen LogP contribution in [0.3, 0.4) is 0 Å². The van der Waals surface area contributed by atoms with Gasteiger partial charge in [-0.05, 0) is 41.8 Å². The molecule has 1 atom stereocenters. The molecule has 3 aromatic rings. The smallest absolute Gasteiger partial charge is 0.231 e. The second-order valence-electron chi connectivity index (χ2n) is 8.16. The molecule has 1 unspecified atom stereocenters. The van der Waals surface area contributed by atoms with Crippen molar-refractivity contribution in [1.29, 1.82) is 0 Å². The van der Waals surface area contributed by atoms with Gasteiger partial charge < -0.3 is 10.2 Å². The van der Waals surface area contributed by atoms with Gasteiger partial charge in [-0.15, -0.1) is 0 Å². The Hall–Kier alpha value is -3.11. The van der Waals surface area contributed by atoms with Crippen LogP contribution in [0.5, 0.6) is 0 Å². The number of rotatable bonds is 7. The van der Waals surface area contributed by atoms with Gasteiger partial charge in [-0.25, -0.2) is 0 Å². The van der Waals surface area contributed by atoms with Gasteiger partial charge in [0.1, 0.15) is 0 Å². The zero-order valence-electron chi connectivity index (χ0n) is 18.2. The maximum absolute atomic E-state index is 12.8. The first-order valence-corrected chi connectivity index (χ1v) is 11.2. The SMILES string of the molecule is CCC(C(=O)Nc1ccc(N2CCN(Cc3ccccc3)CC2)cc1)c1ccccc1. The van der Waals surface area contributed by atoms with Crippen LogP contribution in [0.25, 0.3) is 0 Å². The Morgan fingerprint density at radius 3 is 2.06 bits per heavy atom. The Bertz CT molecular complexity index is 949. The molecule has 1 saturated heterocycles. The monoisotopic (exact) mass is 413 g/mol. The van der Waals surface area contributed by atoms with E-state index in [1.807, 2.05) is 42.5 Å². The van der Waals surface area contributed by atoms with E-state index in [1.165, 1.54) is 11.3 Å². The lowest BCUT2D eigenvalue weighted by atomic mass is 9.95. The largest absolute Gasteiger partial charge is 0.369 e. The van der Waals surface area contributed by atoms with E-state index in [9.17, 15) is 4.79 Å². The Morgan fingerprint density at radius 2 is 1.45 bits per heavy atom. The van der Waals surface area contributed by atoms with E-state index in [0.717, 1.165) is 50.4 Å².